The van der Waals surface area contributed by atoms with Crippen molar-refractivity contribution in [2.45, 2.75) is 44.8 Å². The molecular formula is C16H23N3O4. The molecule has 1 aliphatic rings. The van der Waals surface area contributed by atoms with Crippen molar-refractivity contribution in [1.82, 2.24) is 4.90 Å². The van der Waals surface area contributed by atoms with Crippen molar-refractivity contribution in [3.05, 3.63) is 34.4 Å². The monoisotopic (exact) mass is 321 g/mol. The molecule has 1 unspecified atom stereocenters. The van der Waals surface area contributed by atoms with Gasteiger partial charge in [0.15, 0.2) is 0 Å². The van der Waals surface area contributed by atoms with Crippen molar-refractivity contribution >= 4 is 11.6 Å². The molecule has 1 aromatic carbocycles. The Kier molecular flexibility index (Phi) is 5.92. The van der Waals surface area contributed by atoms with Crippen LogP contribution >= 0.6 is 0 Å². The molecule has 1 saturated heterocycles. The van der Waals surface area contributed by atoms with Crippen molar-refractivity contribution < 1.29 is 14.5 Å². The van der Waals surface area contributed by atoms with E-state index in [0.29, 0.717) is 25.3 Å². The second-order valence-electron chi connectivity index (χ2n) is 5.79. The van der Waals surface area contributed by atoms with Gasteiger partial charge in [0.1, 0.15) is 11.9 Å². The van der Waals surface area contributed by atoms with E-state index in [1.165, 1.54) is 12.1 Å². The number of non-ortho nitro benzene ring substituents is 1. The lowest BCUT2D eigenvalue weighted by Gasteiger charge is -2.33. The van der Waals surface area contributed by atoms with Gasteiger partial charge < -0.3 is 15.4 Å². The van der Waals surface area contributed by atoms with Crippen LogP contribution in [0.5, 0.6) is 5.75 Å². The summed E-state index contributed by atoms with van der Waals surface area (Å²) in [6, 6.07) is 5.65. The molecule has 7 heteroatoms. The van der Waals surface area contributed by atoms with E-state index >= 15 is 0 Å². The van der Waals surface area contributed by atoms with Crippen LogP contribution in [0.25, 0.3) is 0 Å². The number of hydrogen-bond acceptors (Lipinski definition) is 5. The highest BCUT2D eigenvalue weighted by Gasteiger charge is 2.26. The minimum absolute atomic E-state index is 0.0145. The van der Waals surface area contributed by atoms with Gasteiger partial charge in [-0.25, -0.2) is 0 Å². The summed E-state index contributed by atoms with van der Waals surface area (Å²) < 4.78 is 5.83. The van der Waals surface area contributed by atoms with Crippen molar-refractivity contribution in [3.8, 4) is 5.75 Å². The minimum atomic E-state index is -0.437. The lowest BCUT2D eigenvalue weighted by Crippen LogP contribution is -2.48. The van der Waals surface area contributed by atoms with Crippen LogP contribution in [0.1, 0.15) is 32.6 Å². The van der Waals surface area contributed by atoms with Gasteiger partial charge in [-0.2, -0.15) is 0 Å². The van der Waals surface area contributed by atoms with Crippen molar-refractivity contribution in [2.24, 2.45) is 5.73 Å². The second kappa shape index (κ2) is 7.92. The predicted molar refractivity (Wildman–Crippen MR) is 86.2 cm³/mol. The number of nitrogens with zero attached hydrogens (tertiary/aromatic N) is 2. The average Bonchev–Trinajstić information content (AvgIpc) is 2.55. The molecule has 0 radical (unpaired) electrons. The van der Waals surface area contributed by atoms with Gasteiger partial charge in [0, 0.05) is 38.1 Å². The average molecular weight is 321 g/mol. The molecule has 2 N–H and O–H groups in total. The number of carbonyl (C=O) groups excluding carboxylic acids is 1. The van der Waals surface area contributed by atoms with E-state index in [9.17, 15) is 14.9 Å². The Labute approximate surface area is 135 Å². The van der Waals surface area contributed by atoms with Crippen LogP contribution in [0, 0.1) is 10.1 Å². The number of likely N-dealkylation sites (tertiary alicyclic amines) is 1. The van der Waals surface area contributed by atoms with Crippen LogP contribution in [-0.2, 0) is 4.79 Å². The van der Waals surface area contributed by atoms with Crippen LogP contribution in [0.15, 0.2) is 24.3 Å². The predicted octanol–water partition coefficient (Wildman–Crippen LogP) is 2.09. The number of hydrogen-bond donors (Lipinski definition) is 1. The maximum atomic E-state index is 12.2. The maximum Gasteiger partial charge on any atom is 0.269 e. The van der Waals surface area contributed by atoms with Gasteiger partial charge in [0.2, 0.25) is 5.91 Å². The molecular weight excluding hydrogens is 298 g/mol. The number of rotatable bonds is 6. The van der Waals surface area contributed by atoms with E-state index in [1.54, 1.807) is 17.0 Å². The first kappa shape index (κ1) is 17.2. The largest absolute Gasteiger partial charge is 0.490 e. The first-order chi connectivity index (χ1) is 11.0. The van der Waals surface area contributed by atoms with Gasteiger partial charge in [0.25, 0.3) is 5.69 Å². The standard InChI is InChI=1S/C16H23N3O4/c1-2-3-15(17)16(20)18-10-8-14(9-11-18)23-13-6-4-12(5-7-13)19(21)22/h4-7,14-15H,2-3,8-11,17H2,1H3. The van der Waals surface area contributed by atoms with Crippen molar-refractivity contribution in [2.75, 3.05) is 13.1 Å². The summed E-state index contributed by atoms with van der Waals surface area (Å²) in [6.45, 7) is 3.28. The summed E-state index contributed by atoms with van der Waals surface area (Å²) in [5.74, 6) is 0.628. The van der Waals surface area contributed by atoms with Crippen LogP contribution in [0.3, 0.4) is 0 Å². The van der Waals surface area contributed by atoms with Crippen LogP contribution in [0.2, 0.25) is 0 Å². The topological polar surface area (TPSA) is 98.7 Å². The van der Waals surface area contributed by atoms with Crippen LogP contribution < -0.4 is 10.5 Å². The van der Waals surface area contributed by atoms with Gasteiger partial charge in [-0.05, 0) is 18.6 Å². The number of piperidine rings is 1. The molecule has 0 aliphatic carbocycles. The summed E-state index contributed by atoms with van der Waals surface area (Å²) in [7, 11) is 0. The Bertz CT molecular complexity index is 539. The van der Waals surface area contributed by atoms with Crippen molar-refractivity contribution in [1.29, 1.82) is 0 Å². The number of nitro groups is 1. The number of nitrogens with two attached hydrogens (primary N) is 1. The molecule has 1 atom stereocenters. The zero-order valence-corrected chi connectivity index (χ0v) is 13.3. The quantitative estimate of drug-likeness (QED) is 0.639. The van der Waals surface area contributed by atoms with E-state index < -0.39 is 11.0 Å². The summed E-state index contributed by atoms with van der Waals surface area (Å²) >= 11 is 0. The number of nitro benzene ring substituents is 1. The highest BCUT2D eigenvalue weighted by atomic mass is 16.6. The lowest BCUT2D eigenvalue weighted by atomic mass is 10.1. The third-order valence-corrected chi connectivity index (χ3v) is 4.02. The zero-order valence-electron chi connectivity index (χ0n) is 13.3. The maximum absolute atomic E-state index is 12.2. The fraction of sp³-hybridized carbons (Fsp3) is 0.562. The number of carbonyl (C=O) groups is 1. The fourth-order valence-corrected chi connectivity index (χ4v) is 2.70. The molecule has 1 aliphatic heterocycles. The summed E-state index contributed by atoms with van der Waals surface area (Å²) in [5, 5.41) is 10.6. The first-order valence-electron chi connectivity index (χ1n) is 7.96. The minimum Gasteiger partial charge on any atom is -0.490 e. The Balaban J connectivity index is 1.82. The third kappa shape index (κ3) is 4.66. The third-order valence-electron chi connectivity index (χ3n) is 4.02. The van der Waals surface area contributed by atoms with E-state index in [4.69, 9.17) is 10.5 Å². The molecule has 23 heavy (non-hydrogen) atoms. The molecule has 1 heterocycles. The molecule has 1 aromatic rings. The lowest BCUT2D eigenvalue weighted by molar-refractivity contribution is -0.384. The Morgan fingerprint density at radius 2 is 2.00 bits per heavy atom. The molecule has 2 rings (SSSR count). The van der Waals surface area contributed by atoms with Gasteiger partial charge in [0.05, 0.1) is 11.0 Å². The SMILES string of the molecule is CCCC(N)C(=O)N1CCC(Oc2ccc([N+](=O)[O-])cc2)CC1. The second-order valence-corrected chi connectivity index (χ2v) is 5.79. The molecule has 0 bridgehead atoms. The number of ether oxygens (including phenoxy) is 1. The van der Waals surface area contributed by atoms with E-state index in [2.05, 4.69) is 0 Å². The zero-order chi connectivity index (χ0) is 16.8. The van der Waals surface area contributed by atoms with Gasteiger partial charge in [-0.3, -0.25) is 14.9 Å². The Morgan fingerprint density at radius 1 is 1.39 bits per heavy atom. The van der Waals surface area contributed by atoms with Crippen molar-refractivity contribution in [3.63, 3.8) is 0 Å². The summed E-state index contributed by atoms with van der Waals surface area (Å²) in [6.07, 6.45) is 3.09. The fourth-order valence-electron chi connectivity index (χ4n) is 2.70. The van der Waals surface area contributed by atoms with Gasteiger partial charge in [-0.15, -0.1) is 0 Å². The molecule has 0 saturated carbocycles. The summed E-state index contributed by atoms with van der Waals surface area (Å²) in [5.41, 5.74) is 5.92. The first-order valence-corrected chi connectivity index (χ1v) is 7.96. The van der Waals surface area contributed by atoms with Gasteiger partial charge >= 0.3 is 0 Å². The van der Waals surface area contributed by atoms with E-state index in [-0.39, 0.29) is 17.7 Å². The van der Waals surface area contributed by atoms with Crippen LogP contribution in [0.4, 0.5) is 5.69 Å². The van der Waals surface area contributed by atoms with E-state index in [0.717, 1.165) is 19.3 Å². The highest BCUT2D eigenvalue weighted by Crippen LogP contribution is 2.22. The normalized spacial score (nSPS) is 16.9. The highest BCUT2D eigenvalue weighted by molar-refractivity contribution is 5.81. The summed E-state index contributed by atoms with van der Waals surface area (Å²) in [4.78, 5) is 24.1. The molecule has 1 amide bonds. The smallest absolute Gasteiger partial charge is 0.269 e. The number of amides is 1. The molecule has 1 fully saturated rings. The molecule has 0 aromatic heterocycles. The van der Waals surface area contributed by atoms with E-state index in [1.807, 2.05) is 6.92 Å². The number of benzene rings is 1. The Morgan fingerprint density at radius 3 is 2.52 bits per heavy atom. The van der Waals surface area contributed by atoms with Crippen LogP contribution in [-0.4, -0.2) is 41.0 Å². The molecule has 7 nitrogen and oxygen atoms in total. The Hall–Kier alpha value is -2.15. The molecule has 126 valence electrons. The molecule has 0 spiro atoms. The van der Waals surface area contributed by atoms with Gasteiger partial charge in [-0.1, -0.05) is 13.3 Å².